The molecule has 1 saturated heterocycles. The van der Waals surface area contributed by atoms with E-state index in [1.165, 1.54) is 6.20 Å². The van der Waals surface area contributed by atoms with E-state index in [0.29, 0.717) is 18.7 Å². The number of aliphatic carboxylic acids is 1. The molecule has 2 N–H and O–H groups in total. The van der Waals surface area contributed by atoms with Crippen molar-refractivity contribution in [3.8, 4) is 0 Å². The van der Waals surface area contributed by atoms with Crippen LogP contribution in [0, 0.1) is 0 Å². The molecule has 1 aliphatic rings. The lowest BCUT2D eigenvalue weighted by Gasteiger charge is -2.21. The van der Waals surface area contributed by atoms with E-state index < -0.39 is 12.1 Å². The zero-order valence-corrected chi connectivity index (χ0v) is 13.1. The SMILES string of the molecule is O=C(O)CN1CCN(C(=O)c2cnc3ccccc3c2)C[C@@H](O)C1. The number of rotatable bonds is 3. The van der Waals surface area contributed by atoms with Crippen molar-refractivity contribution in [2.75, 3.05) is 32.7 Å². The van der Waals surface area contributed by atoms with Gasteiger partial charge in [-0.25, -0.2) is 0 Å². The Morgan fingerprint density at radius 2 is 2.00 bits per heavy atom. The summed E-state index contributed by atoms with van der Waals surface area (Å²) in [6.45, 7) is 1.07. The first kappa shape index (κ1) is 16.4. The molecule has 1 aromatic heterocycles. The number of nitrogens with zero attached hydrogens (tertiary/aromatic N) is 3. The van der Waals surface area contributed by atoms with Crippen molar-refractivity contribution < 1.29 is 19.8 Å². The molecule has 7 heteroatoms. The fraction of sp³-hybridized carbons (Fsp3) is 0.353. The van der Waals surface area contributed by atoms with E-state index >= 15 is 0 Å². The van der Waals surface area contributed by atoms with Crippen molar-refractivity contribution in [1.82, 2.24) is 14.8 Å². The summed E-state index contributed by atoms with van der Waals surface area (Å²) in [5.74, 6) is -1.15. The second-order valence-electron chi connectivity index (χ2n) is 5.95. The molecular formula is C17H19N3O4. The quantitative estimate of drug-likeness (QED) is 0.848. The molecule has 0 radical (unpaired) electrons. The number of aliphatic hydroxyl groups excluding tert-OH is 1. The summed E-state index contributed by atoms with van der Waals surface area (Å²) in [7, 11) is 0. The molecule has 0 spiro atoms. The third-order valence-electron chi connectivity index (χ3n) is 4.07. The fourth-order valence-electron chi connectivity index (χ4n) is 2.94. The van der Waals surface area contributed by atoms with Gasteiger partial charge in [-0.15, -0.1) is 0 Å². The molecule has 1 aromatic carbocycles. The number of para-hydroxylation sites is 1. The van der Waals surface area contributed by atoms with Crippen LogP contribution in [0.1, 0.15) is 10.4 Å². The van der Waals surface area contributed by atoms with E-state index in [4.69, 9.17) is 5.11 Å². The number of hydrogen-bond donors (Lipinski definition) is 2. The molecule has 3 rings (SSSR count). The lowest BCUT2D eigenvalue weighted by Crippen LogP contribution is -2.37. The Kier molecular flexibility index (Phi) is 4.73. The normalized spacial score (nSPS) is 19.2. The summed E-state index contributed by atoms with van der Waals surface area (Å²) in [6.07, 6.45) is 0.765. The number of hydrogen-bond acceptors (Lipinski definition) is 5. The van der Waals surface area contributed by atoms with Crippen LogP contribution in [0.15, 0.2) is 36.5 Å². The van der Waals surface area contributed by atoms with Gasteiger partial charge in [0.15, 0.2) is 0 Å². The molecule has 0 unspecified atom stereocenters. The van der Waals surface area contributed by atoms with Crippen molar-refractivity contribution in [1.29, 1.82) is 0 Å². The number of carbonyl (C=O) groups is 2. The van der Waals surface area contributed by atoms with Crippen molar-refractivity contribution in [2.24, 2.45) is 0 Å². The zero-order valence-electron chi connectivity index (χ0n) is 13.1. The number of carboxylic acids is 1. The minimum Gasteiger partial charge on any atom is -0.480 e. The summed E-state index contributed by atoms with van der Waals surface area (Å²) < 4.78 is 0. The van der Waals surface area contributed by atoms with Crippen LogP contribution in [0.5, 0.6) is 0 Å². The van der Waals surface area contributed by atoms with Gasteiger partial charge in [0.25, 0.3) is 5.91 Å². The molecule has 1 aliphatic heterocycles. The van der Waals surface area contributed by atoms with E-state index in [0.717, 1.165) is 10.9 Å². The number of β-amino-alcohol motifs (C(OH)–C–C–N with tert-alkyl or cyclic N) is 1. The lowest BCUT2D eigenvalue weighted by atomic mass is 10.1. The van der Waals surface area contributed by atoms with Crippen molar-refractivity contribution >= 4 is 22.8 Å². The van der Waals surface area contributed by atoms with E-state index in [-0.39, 0.29) is 25.5 Å². The van der Waals surface area contributed by atoms with Gasteiger partial charge in [0.2, 0.25) is 0 Å². The van der Waals surface area contributed by atoms with Gasteiger partial charge in [-0.2, -0.15) is 0 Å². The number of carbonyl (C=O) groups excluding carboxylic acids is 1. The summed E-state index contributed by atoms with van der Waals surface area (Å²) in [6, 6.07) is 9.34. The maximum Gasteiger partial charge on any atom is 0.317 e. The number of fused-ring (bicyclic) bond motifs is 1. The van der Waals surface area contributed by atoms with E-state index in [1.54, 1.807) is 15.9 Å². The Morgan fingerprint density at radius 3 is 2.79 bits per heavy atom. The Balaban J connectivity index is 1.76. The van der Waals surface area contributed by atoms with Gasteiger partial charge in [0.1, 0.15) is 0 Å². The number of benzene rings is 1. The summed E-state index contributed by atoms with van der Waals surface area (Å²) in [5, 5.41) is 19.8. The number of pyridine rings is 1. The van der Waals surface area contributed by atoms with Gasteiger partial charge >= 0.3 is 5.97 Å². The van der Waals surface area contributed by atoms with Gasteiger partial charge < -0.3 is 15.1 Å². The van der Waals surface area contributed by atoms with Crippen molar-refractivity contribution in [3.05, 3.63) is 42.1 Å². The van der Waals surface area contributed by atoms with Crippen LogP contribution < -0.4 is 0 Å². The van der Waals surface area contributed by atoms with Crippen LogP contribution in [0.2, 0.25) is 0 Å². The van der Waals surface area contributed by atoms with Gasteiger partial charge in [0.05, 0.1) is 23.7 Å². The third kappa shape index (κ3) is 3.69. The summed E-state index contributed by atoms with van der Waals surface area (Å²) in [5.41, 5.74) is 1.28. The van der Waals surface area contributed by atoms with Crippen LogP contribution in [-0.2, 0) is 4.79 Å². The molecule has 1 amide bonds. The van der Waals surface area contributed by atoms with Crippen molar-refractivity contribution in [3.63, 3.8) is 0 Å². The highest BCUT2D eigenvalue weighted by atomic mass is 16.4. The molecule has 1 fully saturated rings. The lowest BCUT2D eigenvalue weighted by molar-refractivity contribution is -0.138. The van der Waals surface area contributed by atoms with Crippen LogP contribution in [0.3, 0.4) is 0 Å². The monoisotopic (exact) mass is 329 g/mol. The zero-order chi connectivity index (χ0) is 17.1. The molecule has 126 valence electrons. The van der Waals surface area contributed by atoms with Crippen LogP contribution in [-0.4, -0.2) is 75.7 Å². The largest absolute Gasteiger partial charge is 0.480 e. The predicted octanol–water partition coefficient (Wildman–Crippen LogP) is 0.438. The Labute approximate surface area is 139 Å². The first-order valence-corrected chi connectivity index (χ1v) is 7.79. The summed E-state index contributed by atoms with van der Waals surface area (Å²) in [4.78, 5) is 31.0. The predicted molar refractivity (Wildman–Crippen MR) is 87.7 cm³/mol. The van der Waals surface area contributed by atoms with E-state index in [1.807, 2.05) is 24.3 Å². The van der Waals surface area contributed by atoms with E-state index in [9.17, 15) is 14.7 Å². The number of carboxylic acid groups (broad SMARTS) is 1. The number of amides is 1. The molecule has 2 aromatic rings. The highest BCUT2D eigenvalue weighted by Gasteiger charge is 2.26. The van der Waals surface area contributed by atoms with Crippen LogP contribution >= 0.6 is 0 Å². The third-order valence-corrected chi connectivity index (χ3v) is 4.07. The highest BCUT2D eigenvalue weighted by molar-refractivity contribution is 5.97. The maximum atomic E-state index is 12.7. The molecule has 0 aliphatic carbocycles. The first-order chi connectivity index (χ1) is 11.5. The topological polar surface area (TPSA) is 94.0 Å². The molecule has 0 bridgehead atoms. The standard InChI is InChI=1S/C17H19N3O4/c21-14-9-19(11-16(22)23)5-6-20(10-14)17(24)13-7-12-3-1-2-4-15(12)18-8-13/h1-4,7-8,14,21H,5-6,9-11H2,(H,22,23)/t14-/m0/s1. The summed E-state index contributed by atoms with van der Waals surface area (Å²) >= 11 is 0. The molecule has 24 heavy (non-hydrogen) atoms. The second-order valence-corrected chi connectivity index (χ2v) is 5.95. The average molecular weight is 329 g/mol. The molecule has 0 saturated carbocycles. The average Bonchev–Trinajstić information content (AvgIpc) is 2.74. The van der Waals surface area contributed by atoms with Crippen LogP contribution in [0.25, 0.3) is 10.9 Å². The second kappa shape index (κ2) is 6.94. The van der Waals surface area contributed by atoms with Gasteiger partial charge in [-0.05, 0) is 12.1 Å². The van der Waals surface area contributed by atoms with E-state index in [2.05, 4.69) is 4.98 Å². The highest BCUT2D eigenvalue weighted by Crippen LogP contribution is 2.15. The van der Waals surface area contributed by atoms with Crippen molar-refractivity contribution in [2.45, 2.75) is 6.10 Å². The minimum atomic E-state index is -0.944. The fourth-order valence-corrected chi connectivity index (χ4v) is 2.94. The van der Waals surface area contributed by atoms with Gasteiger partial charge in [-0.1, -0.05) is 18.2 Å². The maximum absolute atomic E-state index is 12.7. The first-order valence-electron chi connectivity index (χ1n) is 7.79. The molecular weight excluding hydrogens is 310 g/mol. The Hall–Kier alpha value is -2.51. The smallest absolute Gasteiger partial charge is 0.317 e. The van der Waals surface area contributed by atoms with Crippen LogP contribution in [0.4, 0.5) is 0 Å². The van der Waals surface area contributed by atoms with Gasteiger partial charge in [0, 0.05) is 37.8 Å². The number of aromatic nitrogens is 1. The molecule has 2 heterocycles. The minimum absolute atomic E-state index is 0.142. The molecule has 7 nitrogen and oxygen atoms in total. The molecule has 1 atom stereocenters. The number of aliphatic hydroxyl groups is 1. The van der Waals surface area contributed by atoms with Gasteiger partial charge in [-0.3, -0.25) is 19.5 Å². The Morgan fingerprint density at radius 1 is 1.21 bits per heavy atom. The Bertz CT molecular complexity index is 764.